The highest BCUT2D eigenvalue weighted by Crippen LogP contribution is 2.61. The minimum Gasteiger partial charge on any atom is -0.368 e. The van der Waals surface area contributed by atoms with Crippen molar-refractivity contribution < 1.29 is 35.6 Å². The second-order valence-corrected chi connectivity index (χ2v) is 7.51. The molecule has 0 spiro atoms. The Hall–Kier alpha value is -1.96. The zero-order valence-electron chi connectivity index (χ0n) is 13.7. The summed E-state index contributed by atoms with van der Waals surface area (Å²) in [4.78, 5) is 0. The van der Waals surface area contributed by atoms with Crippen molar-refractivity contribution in [2.24, 2.45) is 0 Å². The average Bonchev–Trinajstić information content (AvgIpc) is 2.60. The highest BCUT2D eigenvalue weighted by atomic mass is 31.2. The first-order valence-electron chi connectivity index (χ1n) is 7.20. The summed E-state index contributed by atoms with van der Waals surface area (Å²) in [5.74, 6) is -3.28. The Morgan fingerprint density at radius 1 is 0.962 bits per heavy atom. The third-order valence-corrected chi connectivity index (χ3v) is 5.65. The van der Waals surface area contributed by atoms with Crippen molar-refractivity contribution in [2.75, 3.05) is 19.5 Å². The summed E-state index contributed by atoms with van der Waals surface area (Å²) in [6, 6.07) is 6.58. The van der Waals surface area contributed by atoms with Crippen LogP contribution in [0.15, 0.2) is 42.5 Å². The lowest BCUT2D eigenvalue weighted by atomic mass is 10.1. The van der Waals surface area contributed by atoms with E-state index in [1.54, 1.807) is 0 Å². The number of hydrogen-bond donors (Lipinski definition) is 1. The van der Waals surface area contributed by atoms with Gasteiger partial charge in [-0.25, -0.2) is 8.78 Å². The highest BCUT2D eigenvalue weighted by Gasteiger charge is 2.43. The Bertz CT molecular complexity index is 803. The normalized spacial score (nSPS) is 13.5. The minimum absolute atomic E-state index is 0.170. The Labute approximate surface area is 146 Å². The average molecular weight is 395 g/mol. The minimum atomic E-state index is -4.91. The highest BCUT2D eigenvalue weighted by molar-refractivity contribution is 7.54. The Kier molecular flexibility index (Phi) is 6.05. The maximum absolute atomic E-state index is 13.4. The molecule has 2 aromatic carbocycles. The number of rotatable bonds is 6. The molecule has 1 atom stereocenters. The maximum atomic E-state index is 13.4. The Morgan fingerprint density at radius 3 is 2.00 bits per heavy atom. The second kappa shape index (κ2) is 7.73. The zero-order chi connectivity index (χ0) is 19.5. The van der Waals surface area contributed by atoms with Crippen LogP contribution in [0.3, 0.4) is 0 Å². The molecule has 142 valence electrons. The van der Waals surface area contributed by atoms with E-state index in [-0.39, 0.29) is 5.69 Å². The van der Waals surface area contributed by atoms with Crippen molar-refractivity contribution >= 4 is 13.3 Å². The standard InChI is InChI=1S/C16H15F5NO3P/c1-24-26(23,25-2)15(22-12-6-3-10(17)4-7-12)13-8-5-11(18)9-14(13)16(19,20)21/h3-9,15,22H,1-2H3. The third kappa shape index (κ3) is 4.41. The molecule has 0 bridgehead atoms. The number of alkyl halides is 3. The van der Waals surface area contributed by atoms with Crippen LogP contribution in [-0.4, -0.2) is 14.2 Å². The molecule has 0 aliphatic carbocycles. The van der Waals surface area contributed by atoms with Crippen LogP contribution in [0.5, 0.6) is 0 Å². The fourth-order valence-electron chi connectivity index (χ4n) is 2.33. The number of nitrogens with one attached hydrogen (secondary N) is 1. The summed E-state index contributed by atoms with van der Waals surface area (Å²) in [7, 11) is -2.10. The molecule has 0 heterocycles. The predicted molar refractivity (Wildman–Crippen MR) is 85.8 cm³/mol. The molecule has 2 aromatic rings. The molecule has 0 aliphatic heterocycles. The molecule has 0 fully saturated rings. The molecule has 0 aliphatic rings. The first-order chi connectivity index (χ1) is 12.1. The summed E-state index contributed by atoms with van der Waals surface area (Å²) < 4.78 is 89.0. The van der Waals surface area contributed by atoms with E-state index in [2.05, 4.69) is 5.32 Å². The molecular formula is C16H15F5NO3P. The van der Waals surface area contributed by atoms with Crippen LogP contribution < -0.4 is 5.32 Å². The van der Waals surface area contributed by atoms with Gasteiger partial charge in [0.2, 0.25) is 0 Å². The molecule has 1 unspecified atom stereocenters. The number of hydrogen-bond acceptors (Lipinski definition) is 4. The van der Waals surface area contributed by atoms with Gasteiger partial charge in [0, 0.05) is 19.9 Å². The first kappa shape index (κ1) is 20.4. The van der Waals surface area contributed by atoms with Crippen LogP contribution in [0.25, 0.3) is 0 Å². The quantitative estimate of drug-likeness (QED) is 0.513. The lowest BCUT2D eigenvalue weighted by Gasteiger charge is -2.28. The van der Waals surface area contributed by atoms with E-state index in [9.17, 15) is 26.5 Å². The summed E-state index contributed by atoms with van der Waals surface area (Å²) in [5.41, 5.74) is -1.69. The number of anilines is 1. The lowest BCUT2D eigenvalue weighted by Crippen LogP contribution is -2.19. The first-order valence-corrected chi connectivity index (χ1v) is 8.82. The Morgan fingerprint density at radius 2 is 1.50 bits per heavy atom. The summed E-state index contributed by atoms with van der Waals surface area (Å²) >= 11 is 0. The van der Waals surface area contributed by atoms with Crippen LogP contribution in [0, 0.1) is 11.6 Å². The molecule has 26 heavy (non-hydrogen) atoms. The van der Waals surface area contributed by atoms with Crippen molar-refractivity contribution in [3.05, 3.63) is 65.2 Å². The van der Waals surface area contributed by atoms with E-state index in [0.717, 1.165) is 38.5 Å². The SMILES string of the molecule is COP(=O)(OC)C(Nc1ccc(F)cc1)c1ccc(F)cc1C(F)(F)F. The molecule has 0 aromatic heterocycles. The van der Waals surface area contributed by atoms with Crippen molar-refractivity contribution in [2.45, 2.75) is 12.0 Å². The van der Waals surface area contributed by atoms with Gasteiger partial charge in [-0.3, -0.25) is 4.57 Å². The van der Waals surface area contributed by atoms with Gasteiger partial charge in [-0.1, -0.05) is 6.07 Å². The largest absolute Gasteiger partial charge is 0.416 e. The molecule has 10 heteroatoms. The maximum Gasteiger partial charge on any atom is 0.416 e. The monoisotopic (exact) mass is 395 g/mol. The van der Waals surface area contributed by atoms with Crippen LogP contribution in [0.1, 0.15) is 16.9 Å². The summed E-state index contributed by atoms with van der Waals surface area (Å²) in [5, 5.41) is 2.59. The van der Waals surface area contributed by atoms with Gasteiger partial charge in [0.25, 0.3) is 0 Å². The molecule has 0 radical (unpaired) electrons. The van der Waals surface area contributed by atoms with Gasteiger partial charge in [0.05, 0.1) is 5.56 Å². The van der Waals surface area contributed by atoms with E-state index in [1.807, 2.05) is 0 Å². The zero-order valence-corrected chi connectivity index (χ0v) is 14.6. The van der Waals surface area contributed by atoms with Crippen molar-refractivity contribution in [3.63, 3.8) is 0 Å². The second-order valence-electron chi connectivity index (χ2n) is 5.19. The van der Waals surface area contributed by atoms with Gasteiger partial charge in [-0.2, -0.15) is 13.2 Å². The summed E-state index contributed by atoms with van der Waals surface area (Å²) in [6.45, 7) is 0. The lowest BCUT2D eigenvalue weighted by molar-refractivity contribution is -0.138. The van der Waals surface area contributed by atoms with E-state index >= 15 is 0 Å². The molecule has 1 N–H and O–H groups in total. The van der Waals surface area contributed by atoms with Gasteiger partial charge in [0.1, 0.15) is 11.6 Å². The van der Waals surface area contributed by atoms with Crippen molar-refractivity contribution in [3.8, 4) is 0 Å². The van der Waals surface area contributed by atoms with Gasteiger partial charge in [-0.15, -0.1) is 0 Å². The molecular weight excluding hydrogens is 380 g/mol. The van der Waals surface area contributed by atoms with Crippen LogP contribution in [0.4, 0.5) is 27.6 Å². The number of halogens is 5. The van der Waals surface area contributed by atoms with Crippen molar-refractivity contribution in [1.29, 1.82) is 0 Å². The number of benzene rings is 2. The van der Waals surface area contributed by atoms with E-state index in [4.69, 9.17) is 9.05 Å². The van der Waals surface area contributed by atoms with E-state index < -0.39 is 42.3 Å². The molecule has 0 amide bonds. The third-order valence-electron chi connectivity index (χ3n) is 3.59. The van der Waals surface area contributed by atoms with Gasteiger partial charge in [-0.05, 0) is 42.0 Å². The van der Waals surface area contributed by atoms with Crippen LogP contribution in [-0.2, 0) is 19.8 Å². The van der Waals surface area contributed by atoms with Crippen LogP contribution >= 0.6 is 7.60 Å². The van der Waals surface area contributed by atoms with Crippen molar-refractivity contribution in [1.82, 2.24) is 0 Å². The van der Waals surface area contributed by atoms with Gasteiger partial charge >= 0.3 is 13.8 Å². The Balaban J connectivity index is 2.61. The molecule has 0 saturated carbocycles. The molecule has 0 saturated heterocycles. The predicted octanol–water partition coefficient (Wildman–Crippen LogP) is 5.58. The fraction of sp³-hybridized carbons (Fsp3) is 0.250. The van der Waals surface area contributed by atoms with Gasteiger partial charge in [0.15, 0.2) is 5.78 Å². The van der Waals surface area contributed by atoms with E-state index in [0.29, 0.717) is 6.07 Å². The van der Waals surface area contributed by atoms with E-state index in [1.165, 1.54) is 12.1 Å². The fourth-order valence-corrected chi connectivity index (χ4v) is 3.77. The molecule has 2 rings (SSSR count). The van der Waals surface area contributed by atoms with Gasteiger partial charge < -0.3 is 14.4 Å². The topological polar surface area (TPSA) is 47.6 Å². The van der Waals surface area contributed by atoms with Crippen LogP contribution in [0.2, 0.25) is 0 Å². The smallest absolute Gasteiger partial charge is 0.368 e. The molecule has 4 nitrogen and oxygen atoms in total. The summed E-state index contributed by atoms with van der Waals surface area (Å²) in [6.07, 6.45) is -4.91.